The van der Waals surface area contributed by atoms with Crippen molar-refractivity contribution in [2.24, 2.45) is 0 Å². The summed E-state index contributed by atoms with van der Waals surface area (Å²) < 4.78 is 5.53. The van der Waals surface area contributed by atoms with Gasteiger partial charge in [-0.3, -0.25) is 0 Å². The highest BCUT2D eigenvalue weighted by Gasteiger charge is 2.22. The maximum absolute atomic E-state index is 5.53. The van der Waals surface area contributed by atoms with E-state index in [1.807, 2.05) is 25.0 Å². The lowest BCUT2D eigenvalue weighted by atomic mass is 10.0. The van der Waals surface area contributed by atoms with Crippen LogP contribution in [0.2, 0.25) is 0 Å². The number of anilines is 1. The first-order valence-corrected chi connectivity index (χ1v) is 9.69. The zero-order valence-corrected chi connectivity index (χ0v) is 16.2. The van der Waals surface area contributed by atoms with E-state index in [4.69, 9.17) is 4.74 Å². The van der Waals surface area contributed by atoms with E-state index in [0.29, 0.717) is 0 Å². The third-order valence-electron chi connectivity index (χ3n) is 5.36. The van der Waals surface area contributed by atoms with Crippen LogP contribution in [-0.2, 0) is 6.42 Å². The van der Waals surface area contributed by atoms with Crippen molar-refractivity contribution in [3.8, 4) is 5.75 Å². The van der Waals surface area contributed by atoms with Gasteiger partial charge in [-0.05, 0) is 28.8 Å². The molecule has 2 N–H and O–H groups in total. The Labute approximate surface area is 170 Å². The standard InChI is InChI=1S/C25H22N3O/c1-29-21-12-11-19(13-20-15-27-23-10-6-5-9-22(20)23)24(14-21)28-17-26-16-25(28)18-7-3-2-4-8-18/h2-12,14-17,26-27H,13H2,1H3. The number of hydrogen-bond donors (Lipinski definition) is 2. The van der Waals surface area contributed by atoms with Crippen LogP contribution in [0.25, 0.3) is 16.6 Å². The molecule has 1 aliphatic rings. The van der Waals surface area contributed by atoms with E-state index in [0.717, 1.165) is 34.6 Å². The van der Waals surface area contributed by atoms with Gasteiger partial charge >= 0.3 is 0 Å². The Bertz CT molecular complexity index is 1180. The third-order valence-corrected chi connectivity index (χ3v) is 5.36. The van der Waals surface area contributed by atoms with Crippen LogP contribution in [0.3, 0.4) is 0 Å². The van der Waals surface area contributed by atoms with Crippen molar-refractivity contribution in [3.63, 3.8) is 0 Å². The number of H-pyrrole nitrogens is 1. The van der Waals surface area contributed by atoms with Crippen molar-refractivity contribution >= 4 is 22.3 Å². The summed E-state index contributed by atoms with van der Waals surface area (Å²) in [6.07, 6.45) is 4.97. The fourth-order valence-corrected chi connectivity index (χ4v) is 3.89. The minimum atomic E-state index is 0.829. The maximum Gasteiger partial charge on any atom is 0.143 e. The number of hydrogen-bond acceptors (Lipinski definition) is 3. The first-order valence-electron chi connectivity index (χ1n) is 9.69. The Kier molecular flexibility index (Phi) is 4.45. The van der Waals surface area contributed by atoms with Crippen LogP contribution in [-0.4, -0.2) is 12.1 Å². The number of rotatable bonds is 5. The molecule has 1 aromatic heterocycles. The lowest BCUT2D eigenvalue weighted by Crippen LogP contribution is -2.18. The highest BCUT2D eigenvalue weighted by molar-refractivity contribution is 5.86. The van der Waals surface area contributed by atoms with Crippen molar-refractivity contribution in [3.05, 3.63) is 109 Å². The third kappa shape index (κ3) is 3.23. The summed E-state index contributed by atoms with van der Waals surface area (Å²) in [6.45, 7) is 2.00. The molecule has 0 unspecified atom stereocenters. The molecule has 1 aliphatic heterocycles. The zero-order chi connectivity index (χ0) is 19.6. The molecule has 29 heavy (non-hydrogen) atoms. The van der Waals surface area contributed by atoms with E-state index in [1.54, 1.807) is 7.11 Å². The van der Waals surface area contributed by atoms with Gasteiger partial charge in [0.2, 0.25) is 0 Å². The number of nitrogens with zero attached hydrogens (tertiary/aromatic N) is 1. The average Bonchev–Trinajstić information content (AvgIpc) is 3.42. The van der Waals surface area contributed by atoms with Crippen LogP contribution >= 0.6 is 0 Å². The van der Waals surface area contributed by atoms with Crippen molar-refractivity contribution in [1.82, 2.24) is 10.3 Å². The molecule has 3 aromatic carbocycles. The van der Waals surface area contributed by atoms with Crippen LogP contribution in [0.15, 0.2) is 85.2 Å². The van der Waals surface area contributed by atoms with Crippen LogP contribution in [0.5, 0.6) is 5.75 Å². The summed E-state index contributed by atoms with van der Waals surface area (Å²) in [7, 11) is 1.71. The molecule has 0 spiro atoms. The van der Waals surface area contributed by atoms with Crippen LogP contribution < -0.4 is 15.0 Å². The van der Waals surface area contributed by atoms with Crippen molar-refractivity contribution in [2.75, 3.05) is 12.0 Å². The predicted molar refractivity (Wildman–Crippen MR) is 118 cm³/mol. The molecular formula is C25H22N3O. The van der Waals surface area contributed by atoms with Gasteiger partial charge in [-0.1, -0.05) is 54.6 Å². The molecule has 0 saturated carbocycles. The van der Waals surface area contributed by atoms with E-state index < -0.39 is 0 Å². The maximum atomic E-state index is 5.53. The predicted octanol–water partition coefficient (Wildman–Crippen LogP) is 5.29. The van der Waals surface area contributed by atoms with Gasteiger partial charge in [0.05, 0.1) is 18.5 Å². The fourth-order valence-electron chi connectivity index (χ4n) is 3.89. The Balaban J connectivity index is 1.56. The molecule has 2 heterocycles. The van der Waals surface area contributed by atoms with E-state index >= 15 is 0 Å². The van der Waals surface area contributed by atoms with Gasteiger partial charge < -0.3 is 19.9 Å². The lowest BCUT2D eigenvalue weighted by molar-refractivity contribution is 0.415. The van der Waals surface area contributed by atoms with E-state index in [-0.39, 0.29) is 0 Å². The van der Waals surface area contributed by atoms with Crippen molar-refractivity contribution in [2.45, 2.75) is 6.42 Å². The first-order chi connectivity index (χ1) is 14.3. The summed E-state index contributed by atoms with van der Waals surface area (Å²) in [5.41, 5.74) is 7.06. The first kappa shape index (κ1) is 17.4. The smallest absolute Gasteiger partial charge is 0.143 e. The molecule has 0 bridgehead atoms. The molecule has 4 aromatic rings. The molecule has 4 heteroatoms. The molecule has 0 fully saturated rings. The molecule has 0 amide bonds. The molecule has 0 aliphatic carbocycles. The Morgan fingerprint density at radius 1 is 0.897 bits per heavy atom. The van der Waals surface area contributed by atoms with Crippen molar-refractivity contribution in [1.29, 1.82) is 0 Å². The summed E-state index contributed by atoms with van der Waals surface area (Å²) in [5.74, 6) is 0.843. The topological polar surface area (TPSA) is 40.3 Å². The number of benzene rings is 3. The van der Waals surface area contributed by atoms with Gasteiger partial charge in [0, 0.05) is 35.8 Å². The van der Waals surface area contributed by atoms with Gasteiger partial charge in [-0.25, -0.2) is 0 Å². The monoisotopic (exact) mass is 380 g/mol. The molecule has 5 rings (SSSR count). The van der Waals surface area contributed by atoms with Gasteiger partial charge in [0.15, 0.2) is 0 Å². The average molecular weight is 380 g/mol. The minimum Gasteiger partial charge on any atom is -0.497 e. The van der Waals surface area contributed by atoms with Crippen LogP contribution in [0.4, 0.5) is 5.69 Å². The number of nitrogens with one attached hydrogen (secondary N) is 2. The van der Waals surface area contributed by atoms with Gasteiger partial charge in [0.1, 0.15) is 12.4 Å². The Morgan fingerprint density at radius 3 is 2.59 bits per heavy atom. The number of para-hydroxylation sites is 1. The summed E-state index contributed by atoms with van der Waals surface area (Å²) in [5, 5.41) is 4.53. The molecule has 0 atom stereocenters. The van der Waals surface area contributed by atoms with Gasteiger partial charge in [0.25, 0.3) is 0 Å². The van der Waals surface area contributed by atoms with E-state index in [9.17, 15) is 0 Å². The van der Waals surface area contributed by atoms with Crippen LogP contribution in [0.1, 0.15) is 16.7 Å². The highest BCUT2D eigenvalue weighted by atomic mass is 16.5. The van der Waals surface area contributed by atoms with E-state index in [1.165, 1.54) is 16.5 Å². The summed E-state index contributed by atoms with van der Waals surface area (Å²) in [6, 6.07) is 25.1. The van der Waals surface area contributed by atoms with Crippen LogP contribution in [0, 0.1) is 6.67 Å². The quantitative estimate of drug-likeness (QED) is 0.494. The van der Waals surface area contributed by atoms with E-state index in [2.05, 4.69) is 82.1 Å². The van der Waals surface area contributed by atoms with Crippen molar-refractivity contribution < 1.29 is 4.74 Å². The second-order valence-electron chi connectivity index (χ2n) is 7.09. The number of aromatic nitrogens is 1. The molecule has 0 saturated heterocycles. The minimum absolute atomic E-state index is 0.829. The Hall–Kier alpha value is -3.66. The number of aromatic amines is 1. The molecule has 1 radical (unpaired) electrons. The second kappa shape index (κ2) is 7.40. The largest absolute Gasteiger partial charge is 0.497 e. The summed E-state index contributed by atoms with van der Waals surface area (Å²) in [4.78, 5) is 5.58. The normalized spacial score (nSPS) is 13.4. The Morgan fingerprint density at radius 2 is 1.72 bits per heavy atom. The number of ether oxygens (including phenoxy) is 1. The molecule has 4 nitrogen and oxygen atoms in total. The SMILES string of the molecule is COc1ccc(Cc2c[nH]c3ccccc23)c(N2[CH]NC=C2c2ccccc2)c1. The van der Waals surface area contributed by atoms with Gasteiger partial charge in [-0.2, -0.15) is 0 Å². The molecular weight excluding hydrogens is 358 g/mol. The highest BCUT2D eigenvalue weighted by Crippen LogP contribution is 2.36. The summed E-state index contributed by atoms with van der Waals surface area (Å²) >= 11 is 0. The second-order valence-corrected chi connectivity index (χ2v) is 7.09. The number of methoxy groups -OCH3 is 1. The number of fused-ring (bicyclic) bond motifs is 1. The fraction of sp³-hybridized carbons (Fsp3) is 0.0800. The zero-order valence-electron chi connectivity index (χ0n) is 16.2. The molecule has 143 valence electrons. The van der Waals surface area contributed by atoms with Gasteiger partial charge in [-0.15, -0.1) is 0 Å². The lowest BCUT2D eigenvalue weighted by Gasteiger charge is -2.24.